The molecule has 3 N–H and O–H groups in total. The van der Waals surface area contributed by atoms with E-state index in [0.717, 1.165) is 16.6 Å². The number of carbonyl (C=O) groups excluding carboxylic acids is 1. The number of amides is 1. The molecule has 5 heterocycles. The van der Waals surface area contributed by atoms with Crippen molar-refractivity contribution in [2.24, 2.45) is 5.41 Å². The van der Waals surface area contributed by atoms with Crippen LogP contribution < -0.4 is 5.32 Å². The zero-order valence-electron chi connectivity index (χ0n) is 21.8. The Labute approximate surface area is 223 Å². The highest BCUT2D eigenvalue weighted by molar-refractivity contribution is 5.96. The lowest BCUT2D eigenvalue weighted by molar-refractivity contribution is -0.123. The number of aryl methyl sites for hydroxylation is 1. The second-order valence-corrected chi connectivity index (χ2v) is 10.5. The second-order valence-electron chi connectivity index (χ2n) is 10.5. The van der Waals surface area contributed by atoms with Crippen molar-refractivity contribution < 1.29 is 9.18 Å². The molecule has 1 amide bonds. The van der Waals surface area contributed by atoms with Crippen LogP contribution in [0.3, 0.4) is 0 Å². The number of hydrogen-bond acceptors (Lipinski definition) is 6. The minimum atomic E-state index is -0.533. The van der Waals surface area contributed by atoms with Crippen LogP contribution in [0, 0.1) is 18.2 Å². The van der Waals surface area contributed by atoms with Crippen LogP contribution in [0.4, 0.5) is 10.1 Å². The van der Waals surface area contributed by atoms with E-state index in [1.54, 1.807) is 24.8 Å². The number of H-pyrrole nitrogens is 2. The quantitative estimate of drug-likeness (QED) is 0.260. The summed E-state index contributed by atoms with van der Waals surface area (Å²) in [4.78, 5) is 34.0. The first-order valence-electron chi connectivity index (χ1n) is 12.4. The molecule has 6 rings (SSSR count). The third-order valence-corrected chi connectivity index (χ3v) is 6.35. The highest BCUT2D eigenvalue weighted by Gasteiger charge is 2.22. The van der Waals surface area contributed by atoms with E-state index in [1.807, 2.05) is 52.0 Å². The van der Waals surface area contributed by atoms with Crippen LogP contribution in [0.25, 0.3) is 56.0 Å². The Kier molecular flexibility index (Phi) is 5.67. The molecule has 5 aromatic heterocycles. The van der Waals surface area contributed by atoms with E-state index in [9.17, 15) is 9.18 Å². The molecule has 0 saturated heterocycles. The summed E-state index contributed by atoms with van der Waals surface area (Å²) < 4.78 is 14.1. The molecule has 0 atom stereocenters. The SMILES string of the molecule is Cc1cc(F)cc(-c2cncc3[nH]c(-c4n[nH]c5ccc(-c6cncc(NC(=O)C(C)(C)C)c6)nc45)nc23)c1. The first-order valence-corrected chi connectivity index (χ1v) is 12.4. The lowest BCUT2D eigenvalue weighted by atomic mass is 9.95. The van der Waals surface area contributed by atoms with Crippen molar-refractivity contribution in [3.63, 3.8) is 0 Å². The summed E-state index contributed by atoms with van der Waals surface area (Å²) in [5, 5.41) is 10.4. The predicted octanol–water partition coefficient (Wildman–Crippen LogP) is 6.06. The highest BCUT2D eigenvalue weighted by Crippen LogP contribution is 2.32. The van der Waals surface area contributed by atoms with E-state index in [4.69, 9.17) is 9.97 Å². The monoisotopic (exact) mass is 520 g/mol. The molecule has 0 aliphatic carbocycles. The molecule has 39 heavy (non-hydrogen) atoms. The van der Waals surface area contributed by atoms with E-state index in [0.29, 0.717) is 50.6 Å². The smallest absolute Gasteiger partial charge is 0.229 e. The van der Waals surface area contributed by atoms with Crippen molar-refractivity contribution in [1.29, 1.82) is 0 Å². The Morgan fingerprint density at radius 3 is 2.51 bits per heavy atom. The molecule has 10 heteroatoms. The number of rotatable bonds is 4. The summed E-state index contributed by atoms with van der Waals surface area (Å²) in [7, 11) is 0. The molecule has 0 aliphatic heterocycles. The van der Waals surface area contributed by atoms with Gasteiger partial charge in [-0.1, -0.05) is 26.8 Å². The summed E-state index contributed by atoms with van der Waals surface area (Å²) in [5.74, 6) is 0.0889. The minimum Gasteiger partial charge on any atom is -0.335 e. The van der Waals surface area contributed by atoms with Gasteiger partial charge in [0.15, 0.2) is 11.5 Å². The summed E-state index contributed by atoms with van der Waals surface area (Å²) in [6.07, 6.45) is 6.66. The summed E-state index contributed by atoms with van der Waals surface area (Å²) >= 11 is 0. The number of aromatic amines is 2. The minimum absolute atomic E-state index is 0.103. The maximum Gasteiger partial charge on any atom is 0.229 e. The average molecular weight is 521 g/mol. The third-order valence-electron chi connectivity index (χ3n) is 6.35. The lowest BCUT2D eigenvalue weighted by Gasteiger charge is -2.17. The number of carbonyl (C=O) groups is 1. The normalized spacial score (nSPS) is 11.8. The molecule has 6 aromatic rings. The van der Waals surface area contributed by atoms with E-state index in [-0.39, 0.29) is 11.7 Å². The Morgan fingerprint density at radius 2 is 1.72 bits per heavy atom. The van der Waals surface area contributed by atoms with Gasteiger partial charge in [0.1, 0.15) is 11.3 Å². The van der Waals surface area contributed by atoms with Crippen molar-refractivity contribution >= 4 is 33.7 Å². The van der Waals surface area contributed by atoms with E-state index in [2.05, 4.69) is 30.5 Å². The topological polar surface area (TPSA) is 125 Å². The number of nitrogens with one attached hydrogen (secondary N) is 3. The molecule has 0 saturated carbocycles. The van der Waals surface area contributed by atoms with Crippen molar-refractivity contribution in [2.75, 3.05) is 5.32 Å². The fraction of sp³-hybridized carbons (Fsp3) is 0.172. The Balaban J connectivity index is 1.41. The standard InChI is InChI=1S/C29H25FN8O/c1-15-7-16(9-18(30)8-15)20-13-32-14-23-24(20)36-27(35-23)26-25-22(37-38-26)6-5-21(34-25)17-10-19(12-31-11-17)33-28(39)29(2,3)4/h5-14H,1-4H3,(H,33,39)(H,35,36)(H,37,38). The van der Waals surface area contributed by atoms with Gasteiger partial charge in [-0.2, -0.15) is 5.10 Å². The van der Waals surface area contributed by atoms with Gasteiger partial charge in [0, 0.05) is 28.9 Å². The first-order chi connectivity index (χ1) is 18.7. The van der Waals surface area contributed by atoms with Crippen LogP contribution in [-0.4, -0.2) is 41.0 Å². The van der Waals surface area contributed by atoms with Crippen molar-refractivity contribution in [2.45, 2.75) is 27.7 Å². The van der Waals surface area contributed by atoms with Crippen LogP contribution in [0.5, 0.6) is 0 Å². The zero-order valence-corrected chi connectivity index (χ0v) is 21.8. The van der Waals surface area contributed by atoms with Gasteiger partial charge < -0.3 is 10.3 Å². The van der Waals surface area contributed by atoms with Crippen molar-refractivity contribution in [3.8, 4) is 33.9 Å². The molecule has 0 aliphatic rings. The van der Waals surface area contributed by atoms with Gasteiger partial charge in [-0.15, -0.1) is 0 Å². The molecule has 9 nitrogen and oxygen atoms in total. The number of benzene rings is 1. The number of hydrogen-bond donors (Lipinski definition) is 3. The Hall–Kier alpha value is -4.99. The molecule has 0 spiro atoms. The third kappa shape index (κ3) is 4.61. The molecule has 0 radical (unpaired) electrons. The number of nitrogens with zero attached hydrogens (tertiary/aromatic N) is 5. The number of anilines is 1. The first kappa shape index (κ1) is 24.4. The van der Waals surface area contributed by atoms with Crippen molar-refractivity contribution in [1.82, 2.24) is 35.1 Å². The van der Waals surface area contributed by atoms with Gasteiger partial charge in [0.25, 0.3) is 0 Å². The molecule has 0 bridgehead atoms. The fourth-order valence-corrected chi connectivity index (χ4v) is 4.34. The van der Waals surface area contributed by atoms with Gasteiger partial charge in [-0.3, -0.25) is 19.9 Å². The fourth-order valence-electron chi connectivity index (χ4n) is 4.34. The number of aromatic nitrogens is 7. The van der Waals surface area contributed by atoms with Crippen LogP contribution in [0.2, 0.25) is 0 Å². The Morgan fingerprint density at radius 1 is 0.897 bits per heavy atom. The predicted molar refractivity (Wildman–Crippen MR) is 148 cm³/mol. The van der Waals surface area contributed by atoms with Crippen LogP contribution in [0.15, 0.2) is 61.2 Å². The number of pyridine rings is 3. The number of halogens is 1. The van der Waals surface area contributed by atoms with E-state index >= 15 is 0 Å². The van der Waals surface area contributed by atoms with Crippen LogP contribution >= 0.6 is 0 Å². The van der Waals surface area contributed by atoms with Gasteiger partial charge in [0.2, 0.25) is 5.91 Å². The summed E-state index contributed by atoms with van der Waals surface area (Å²) in [5.41, 5.74) is 6.93. The summed E-state index contributed by atoms with van der Waals surface area (Å²) in [6.45, 7) is 7.41. The average Bonchev–Trinajstić information content (AvgIpc) is 3.51. The zero-order chi connectivity index (χ0) is 27.3. The highest BCUT2D eigenvalue weighted by atomic mass is 19.1. The molecule has 0 unspecified atom stereocenters. The molecular formula is C29H25FN8O. The number of imidazole rings is 1. The van der Waals surface area contributed by atoms with Crippen LogP contribution in [0.1, 0.15) is 26.3 Å². The molecule has 0 fully saturated rings. The van der Waals surface area contributed by atoms with Gasteiger partial charge >= 0.3 is 0 Å². The van der Waals surface area contributed by atoms with Gasteiger partial charge in [-0.25, -0.2) is 14.4 Å². The molecular weight excluding hydrogens is 495 g/mol. The Bertz CT molecular complexity index is 1860. The largest absolute Gasteiger partial charge is 0.335 e. The molecule has 194 valence electrons. The lowest BCUT2D eigenvalue weighted by Crippen LogP contribution is -2.27. The van der Waals surface area contributed by atoms with E-state index < -0.39 is 5.41 Å². The second kappa shape index (κ2) is 9.09. The van der Waals surface area contributed by atoms with Gasteiger partial charge in [0.05, 0.1) is 40.3 Å². The number of fused-ring (bicyclic) bond motifs is 2. The van der Waals surface area contributed by atoms with Gasteiger partial charge in [-0.05, 0) is 48.4 Å². The summed E-state index contributed by atoms with van der Waals surface area (Å²) in [6, 6.07) is 10.4. The van der Waals surface area contributed by atoms with Crippen molar-refractivity contribution in [3.05, 3.63) is 72.6 Å². The molecule has 1 aromatic carbocycles. The maximum atomic E-state index is 14.1. The van der Waals surface area contributed by atoms with Crippen LogP contribution in [-0.2, 0) is 4.79 Å². The van der Waals surface area contributed by atoms with E-state index in [1.165, 1.54) is 12.1 Å². The maximum absolute atomic E-state index is 14.1.